The van der Waals surface area contributed by atoms with Crippen LogP contribution >= 0.6 is 0 Å². The summed E-state index contributed by atoms with van der Waals surface area (Å²) in [7, 11) is 0. The van der Waals surface area contributed by atoms with Gasteiger partial charge in [-0.1, -0.05) is 5.16 Å². The number of benzene rings is 1. The van der Waals surface area contributed by atoms with E-state index in [-0.39, 0.29) is 12.4 Å². The summed E-state index contributed by atoms with van der Waals surface area (Å²) in [6.07, 6.45) is 0. The van der Waals surface area contributed by atoms with Crippen LogP contribution in [0.25, 0.3) is 5.82 Å². The van der Waals surface area contributed by atoms with E-state index < -0.39 is 0 Å². The lowest BCUT2D eigenvalue weighted by Gasteiger charge is -2.07. The highest BCUT2D eigenvalue weighted by Gasteiger charge is 2.18. The van der Waals surface area contributed by atoms with Crippen LogP contribution in [0.2, 0.25) is 0 Å². The van der Waals surface area contributed by atoms with Crippen LogP contribution in [0.3, 0.4) is 0 Å². The summed E-state index contributed by atoms with van der Waals surface area (Å²) in [5.74, 6) is 1.79. The zero-order valence-electron chi connectivity index (χ0n) is 14.2. The first-order valence-electron chi connectivity index (χ1n) is 7.78. The molecule has 0 fully saturated rings. The van der Waals surface area contributed by atoms with Gasteiger partial charge in [-0.3, -0.25) is 9.36 Å². The Labute approximate surface area is 145 Å². The number of nitriles is 1. The number of rotatable bonds is 5. The number of aryl methyl sites for hydroxylation is 2. The Balaban J connectivity index is 1.77. The van der Waals surface area contributed by atoms with Gasteiger partial charge in [0.2, 0.25) is 5.78 Å². The first-order valence-corrected chi connectivity index (χ1v) is 7.78. The Morgan fingerprint density at radius 2 is 1.96 bits per heavy atom. The number of carbonyl (C=O) groups is 1. The van der Waals surface area contributed by atoms with Crippen molar-refractivity contribution in [3.8, 4) is 17.6 Å². The zero-order chi connectivity index (χ0) is 18.0. The maximum atomic E-state index is 12.5. The molecule has 126 valence electrons. The van der Waals surface area contributed by atoms with Gasteiger partial charge in [0, 0.05) is 23.0 Å². The molecular formula is C19H17N3O3. The summed E-state index contributed by atoms with van der Waals surface area (Å²) >= 11 is 0. The normalized spacial score (nSPS) is 10.5. The molecule has 25 heavy (non-hydrogen) atoms. The monoisotopic (exact) mass is 335 g/mol. The van der Waals surface area contributed by atoms with Gasteiger partial charge in [0.15, 0.2) is 12.4 Å². The average molecular weight is 335 g/mol. The molecule has 0 spiro atoms. The third kappa shape index (κ3) is 3.31. The Morgan fingerprint density at radius 3 is 2.56 bits per heavy atom. The highest BCUT2D eigenvalue weighted by atomic mass is 16.5. The molecule has 0 aliphatic carbocycles. The molecule has 0 saturated carbocycles. The lowest BCUT2D eigenvalue weighted by Crippen LogP contribution is -2.12. The van der Waals surface area contributed by atoms with Gasteiger partial charge in [-0.15, -0.1) is 0 Å². The van der Waals surface area contributed by atoms with Gasteiger partial charge in [-0.25, -0.2) is 0 Å². The molecule has 3 aromatic rings. The molecule has 1 aromatic carbocycles. The first-order chi connectivity index (χ1) is 12.0. The van der Waals surface area contributed by atoms with E-state index >= 15 is 0 Å². The molecule has 0 atom stereocenters. The quantitative estimate of drug-likeness (QED) is 0.666. The minimum absolute atomic E-state index is 0.0754. The maximum absolute atomic E-state index is 12.5. The van der Waals surface area contributed by atoms with Crippen molar-refractivity contribution in [2.45, 2.75) is 20.8 Å². The fourth-order valence-corrected chi connectivity index (χ4v) is 2.71. The minimum atomic E-state index is -0.121. The Morgan fingerprint density at radius 1 is 1.24 bits per heavy atom. The van der Waals surface area contributed by atoms with E-state index in [4.69, 9.17) is 14.5 Å². The second-order valence-electron chi connectivity index (χ2n) is 5.76. The van der Waals surface area contributed by atoms with Gasteiger partial charge in [0.25, 0.3) is 0 Å². The second kappa shape index (κ2) is 6.65. The lowest BCUT2D eigenvalue weighted by molar-refractivity contribution is 0.0921. The Kier molecular flexibility index (Phi) is 4.40. The summed E-state index contributed by atoms with van der Waals surface area (Å²) in [5.41, 5.74) is 2.82. The van der Waals surface area contributed by atoms with E-state index in [2.05, 4.69) is 5.16 Å². The number of aromatic nitrogens is 2. The van der Waals surface area contributed by atoms with Gasteiger partial charge in [0.05, 0.1) is 11.6 Å². The molecule has 0 amide bonds. The first kappa shape index (κ1) is 16.5. The molecule has 0 aliphatic rings. The van der Waals surface area contributed by atoms with Gasteiger partial charge in [-0.05, 0) is 51.1 Å². The van der Waals surface area contributed by atoms with Crippen LogP contribution < -0.4 is 4.74 Å². The van der Waals surface area contributed by atoms with Gasteiger partial charge in [-0.2, -0.15) is 5.26 Å². The van der Waals surface area contributed by atoms with Crippen molar-refractivity contribution in [1.82, 2.24) is 9.72 Å². The van der Waals surface area contributed by atoms with Crippen molar-refractivity contribution >= 4 is 5.78 Å². The van der Waals surface area contributed by atoms with Crippen LogP contribution in [0.1, 0.15) is 33.1 Å². The van der Waals surface area contributed by atoms with Crippen LogP contribution in [0.5, 0.6) is 5.75 Å². The Bertz CT molecular complexity index is 959. The standard InChI is InChI=1S/C19H17N3O3/c1-12-8-17(14(3)22(12)19-9-13(2)25-21-19)18(23)11-24-16-6-4-15(10-20)5-7-16/h4-9H,11H2,1-3H3. The summed E-state index contributed by atoms with van der Waals surface area (Å²) in [6.45, 7) is 5.53. The predicted octanol–water partition coefficient (Wildman–Crippen LogP) is 3.52. The molecule has 0 radical (unpaired) electrons. The van der Waals surface area contributed by atoms with Crippen LogP contribution in [0, 0.1) is 32.1 Å². The van der Waals surface area contributed by atoms with Crippen molar-refractivity contribution in [2.24, 2.45) is 0 Å². The second-order valence-corrected chi connectivity index (χ2v) is 5.76. The summed E-state index contributed by atoms with van der Waals surface area (Å²) in [6, 6.07) is 12.3. The topological polar surface area (TPSA) is 81.0 Å². The van der Waals surface area contributed by atoms with Crippen LogP contribution in [0.15, 0.2) is 40.9 Å². The molecule has 2 heterocycles. The number of hydrogen-bond donors (Lipinski definition) is 0. The van der Waals surface area contributed by atoms with Crippen molar-refractivity contribution < 1.29 is 14.1 Å². The number of nitrogens with zero attached hydrogens (tertiary/aromatic N) is 3. The summed E-state index contributed by atoms with van der Waals surface area (Å²) in [5, 5.41) is 12.8. The van der Waals surface area contributed by atoms with Crippen LogP contribution in [-0.2, 0) is 0 Å². The summed E-state index contributed by atoms with van der Waals surface area (Å²) < 4.78 is 12.5. The molecule has 0 bridgehead atoms. The highest BCUT2D eigenvalue weighted by molar-refractivity contribution is 5.98. The van der Waals surface area contributed by atoms with Gasteiger partial charge in [0.1, 0.15) is 11.5 Å². The van der Waals surface area contributed by atoms with Crippen molar-refractivity contribution in [3.05, 3.63) is 64.7 Å². The Hall–Kier alpha value is -3.33. The average Bonchev–Trinajstić information content (AvgIpc) is 3.15. The van der Waals surface area contributed by atoms with E-state index in [0.29, 0.717) is 28.5 Å². The van der Waals surface area contributed by atoms with E-state index in [1.54, 1.807) is 24.3 Å². The molecular weight excluding hydrogens is 318 g/mol. The number of ether oxygens (including phenoxy) is 1. The third-order valence-electron chi connectivity index (χ3n) is 3.93. The van der Waals surface area contributed by atoms with Crippen LogP contribution in [-0.4, -0.2) is 22.1 Å². The molecule has 0 saturated heterocycles. The third-order valence-corrected chi connectivity index (χ3v) is 3.93. The number of carbonyl (C=O) groups excluding carboxylic acids is 1. The predicted molar refractivity (Wildman–Crippen MR) is 91.0 cm³/mol. The van der Waals surface area contributed by atoms with Crippen LogP contribution in [0.4, 0.5) is 0 Å². The van der Waals surface area contributed by atoms with E-state index in [1.807, 2.05) is 43.5 Å². The fraction of sp³-hybridized carbons (Fsp3) is 0.211. The van der Waals surface area contributed by atoms with E-state index in [9.17, 15) is 4.79 Å². The molecule has 0 N–H and O–H groups in total. The highest BCUT2D eigenvalue weighted by Crippen LogP contribution is 2.21. The maximum Gasteiger partial charge on any atom is 0.202 e. The number of hydrogen-bond acceptors (Lipinski definition) is 5. The molecule has 0 aliphatic heterocycles. The van der Waals surface area contributed by atoms with Gasteiger partial charge < -0.3 is 9.26 Å². The summed E-state index contributed by atoms with van der Waals surface area (Å²) in [4.78, 5) is 12.5. The van der Waals surface area contributed by atoms with Crippen molar-refractivity contribution in [1.29, 1.82) is 5.26 Å². The lowest BCUT2D eigenvalue weighted by atomic mass is 10.1. The van der Waals surface area contributed by atoms with Crippen molar-refractivity contribution in [3.63, 3.8) is 0 Å². The number of Topliss-reactive ketones (excluding diaryl/α,β-unsaturated/α-hetero) is 1. The van der Waals surface area contributed by atoms with Crippen molar-refractivity contribution in [2.75, 3.05) is 6.61 Å². The van der Waals surface area contributed by atoms with E-state index in [1.165, 1.54) is 0 Å². The minimum Gasteiger partial charge on any atom is -0.485 e. The molecule has 0 unspecified atom stereocenters. The largest absolute Gasteiger partial charge is 0.485 e. The molecule has 3 rings (SSSR count). The molecule has 2 aromatic heterocycles. The number of ketones is 1. The molecule has 6 nitrogen and oxygen atoms in total. The smallest absolute Gasteiger partial charge is 0.202 e. The molecule has 6 heteroatoms. The van der Waals surface area contributed by atoms with Gasteiger partial charge >= 0.3 is 0 Å². The van der Waals surface area contributed by atoms with E-state index in [0.717, 1.165) is 11.4 Å². The SMILES string of the molecule is Cc1cc(-n2c(C)cc(C(=O)COc3ccc(C#N)cc3)c2C)no1. The zero-order valence-corrected chi connectivity index (χ0v) is 14.2. The fourth-order valence-electron chi connectivity index (χ4n) is 2.71.